The van der Waals surface area contributed by atoms with Crippen molar-refractivity contribution in [2.75, 3.05) is 13.9 Å². The number of hydrogen-bond donors (Lipinski definition) is 2. The van der Waals surface area contributed by atoms with E-state index in [2.05, 4.69) is 0 Å². The molecule has 0 amide bonds. The molecule has 0 saturated heterocycles. The van der Waals surface area contributed by atoms with Crippen molar-refractivity contribution in [3.63, 3.8) is 0 Å². The SMILES string of the molecule is COCOc1c(B(O)O)ccc2ccccc12. The van der Waals surface area contributed by atoms with E-state index in [9.17, 15) is 10.0 Å². The van der Waals surface area contributed by atoms with Crippen LogP contribution in [0.1, 0.15) is 0 Å². The van der Waals surface area contributed by atoms with Crippen LogP contribution in [0.4, 0.5) is 0 Å². The maximum atomic E-state index is 9.30. The van der Waals surface area contributed by atoms with Crippen molar-refractivity contribution in [2.45, 2.75) is 0 Å². The van der Waals surface area contributed by atoms with E-state index in [1.54, 1.807) is 6.07 Å². The van der Waals surface area contributed by atoms with Crippen LogP contribution in [0, 0.1) is 0 Å². The molecule has 2 N–H and O–H groups in total. The van der Waals surface area contributed by atoms with Gasteiger partial charge in [0.15, 0.2) is 6.79 Å². The van der Waals surface area contributed by atoms with Crippen LogP contribution in [-0.2, 0) is 4.74 Å². The largest absolute Gasteiger partial charge is 0.492 e. The zero-order valence-corrected chi connectivity index (χ0v) is 9.46. The van der Waals surface area contributed by atoms with Crippen molar-refractivity contribution in [3.05, 3.63) is 36.4 Å². The maximum absolute atomic E-state index is 9.30. The molecule has 0 bridgehead atoms. The van der Waals surface area contributed by atoms with Gasteiger partial charge in [-0.2, -0.15) is 0 Å². The van der Waals surface area contributed by atoms with Crippen LogP contribution in [0.5, 0.6) is 5.75 Å². The fraction of sp³-hybridized carbons (Fsp3) is 0.167. The quantitative estimate of drug-likeness (QED) is 0.595. The Morgan fingerprint density at radius 2 is 1.88 bits per heavy atom. The summed E-state index contributed by atoms with van der Waals surface area (Å²) in [6, 6.07) is 11.0. The molecule has 17 heavy (non-hydrogen) atoms. The Kier molecular flexibility index (Phi) is 3.63. The van der Waals surface area contributed by atoms with Gasteiger partial charge in [-0.25, -0.2) is 0 Å². The zero-order chi connectivity index (χ0) is 12.3. The third kappa shape index (κ3) is 2.41. The van der Waals surface area contributed by atoms with Gasteiger partial charge in [-0.1, -0.05) is 36.4 Å². The van der Waals surface area contributed by atoms with Crippen LogP contribution in [-0.4, -0.2) is 31.1 Å². The minimum absolute atomic E-state index is 0.0632. The van der Waals surface area contributed by atoms with Gasteiger partial charge >= 0.3 is 7.12 Å². The van der Waals surface area contributed by atoms with Crippen LogP contribution >= 0.6 is 0 Å². The van der Waals surface area contributed by atoms with Crippen molar-refractivity contribution in [3.8, 4) is 5.75 Å². The van der Waals surface area contributed by atoms with Crippen molar-refractivity contribution in [1.82, 2.24) is 0 Å². The second-order valence-corrected chi connectivity index (χ2v) is 3.63. The van der Waals surface area contributed by atoms with E-state index >= 15 is 0 Å². The fourth-order valence-corrected chi connectivity index (χ4v) is 1.74. The minimum Gasteiger partial charge on any atom is -0.467 e. The molecule has 0 atom stereocenters. The molecule has 2 aromatic rings. The Labute approximate surface area is 99.6 Å². The topological polar surface area (TPSA) is 58.9 Å². The predicted molar refractivity (Wildman–Crippen MR) is 66.3 cm³/mol. The summed E-state index contributed by atoms with van der Waals surface area (Å²) in [5.74, 6) is 0.444. The van der Waals surface area contributed by atoms with Crippen LogP contribution in [0.25, 0.3) is 10.8 Å². The van der Waals surface area contributed by atoms with Gasteiger partial charge in [0.2, 0.25) is 0 Å². The summed E-state index contributed by atoms with van der Waals surface area (Å²) >= 11 is 0. The average Bonchev–Trinajstić information content (AvgIpc) is 2.35. The molecule has 0 aliphatic rings. The number of methoxy groups -OCH3 is 1. The molecule has 88 valence electrons. The Hall–Kier alpha value is -1.56. The summed E-state index contributed by atoms with van der Waals surface area (Å²) in [5, 5.41) is 20.4. The lowest BCUT2D eigenvalue weighted by atomic mass is 9.78. The summed E-state index contributed by atoms with van der Waals surface area (Å²) in [6.07, 6.45) is 0. The maximum Gasteiger partial charge on any atom is 0.492 e. The molecule has 0 heterocycles. The van der Waals surface area contributed by atoms with E-state index in [4.69, 9.17) is 9.47 Å². The van der Waals surface area contributed by atoms with Crippen LogP contribution in [0.2, 0.25) is 0 Å². The van der Waals surface area contributed by atoms with Gasteiger partial charge in [-0.15, -0.1) is 0 Å². The van der Waals surface area contributed by atoms with Gasteiger partial charge in [0.05, 0.1) is 0 Å². The van der Waals surface area contributed by atoms with E-state index in [0.717, 1.165) is 10.8 Å². The second-order valence-electron chi connectivity index (χ2n) is 3.63. The number of fused-ring (bicyclic) bond motifs is 1. The Morgan fingerprint density at radius 1 is 1.12 bits per heavy atom. The van der Waals surface area contributed by atoms with Crippen molar-refractivity contribution in [2.24, 2.45) is 0 Å². The summed E-state index contributed by atoms with van der Waals surface area (Å²) in [4.78, 5) is 0. The lowest BCUT2D eigenvalue weighted by Crippen LogP contribution is -2.31. The van der Waals surface area contributed by atoms with Gasteiger partial charge < -0.3 is 19.5 Å². The third-order valence-corrected chi connectivity index (χ3v) is 2.51. The lowest BCUT2D eigenvalue weighted by Gasteiger charge is -2.13. The van der Waals surface area contributed by atoms with Crippen molar-refractivity contribution < 1.29 is 19.5 Å². The monoisotopic (exact) mass is 232 g/mol. The van der Waals surface area contributed by atoms with E-state index in [-0.39, 0.29) is 6.79 Å². The average molecular weight is 232 g/mol. The van der Waals surface area contributed by atoms with Crippen molar-refractivity contribution in [1.29, 1.82) is 0 Å². The number of hydrogen-bond acceptors (Lipinski definition) is 4. The highest BCUT2D eigenvalue weighted by molar-refractivity contribution is 6.60. The normalized spacial score (nSPS) is 10.5. The molecule has 0 unspecified atom stereocenters. The van der Waals surface area contributed by atoms with Gasteiger partial charge in [0.25, 0.3) is 0 Å². The molecule has 0 fully saturated rings. The van der Waals surface area contributed by atoms with E-state index < -0.39 is 7.12 Å². The lowest BCUT2D eigenvalue weighted by molar-refractivity contribution is 0.0528. The Morgan fingerprint density at radius 3 is 2.59 bits per heavy atom. The van der Waals surface area contributed by atoms with E-state index in [1.165, 1.54) is 7.11 Å². The van der Waals surface area contributed by atoms with Gasteiger partial charge in [-0.3, -0.25) is 0 Å². The number of rotatable bonds is 4. The molecular weight excluding hydrogens is 219 g/mol. The molecule has 2 aromatic carbocycles. The molecule has 0 radical (unpaired) electrons. The summed E-state index contributed by atoms with van der Waals surface area (Å²) in [7, 11) is -0.0494. The van der Waals surface area contributed by atoms with Crippen molar-refractivity contribution >= 4 is 23.4 Å². The molecule has 0 saturated carbocycles. The molecule has 0 aliphatic heterocycles. The highest BCUT2D eigenvalue weighted by atomic mass is 16.7. The van der Waals surface area contributed by atoms with Gasteiger partial charge in [0, 0.05) is 18.0 Å². The van der Waals surface area contributed by atoms with Gasteiger partial charge in [-0.05, 0) is 5.39 Å². The first-order valence-corrected chi connectivity index (χ1v) is 5.23. The molecule has 5 heteroatoms. The predicted octanol–water partition coefficient (Wildman–Crippen LogP) is 0.502. The minimum atomic E-state index is -1.56. The number of benzene rings is 2. The molecular formula is C12H13BO4. The zero-order valence-electron chi connectivity index (χ0n) is 9.46. The van der Waals surface area contributed by atoms with Crippen LogP contribution in [0.3, 0.4) is 0 Å². The first-order chi connectivity index (χ1) is 8.24. The number of ether oxygens (including phenoxy) is 2. The van der Waals surface area contributed by atoms with Gasteiger partial charge in [0.1, 0.15) is 5.75 Å². The fourth-order valence-electron chi connectivity index (χ4n) is 1.74. The molecule has 4 nitrogen and oxygen atoms in total. The summed E-state index contributed by atoms with van der Waals surface area (Å²) < 4.78 is 10.3. The molecule has 2 rings (SSSR count). The first kappa shape index (κ1) is 11.9. The molecule has 0 aromatic heterocycles. The van der Waals surface area contributed by atoms with E-state index in [0.29, 0.717) is 11.2 Å². The molecule has 0 spiro atoms. The van der Waals surface area contributed by atoms with Crippen LogP contribution in [0.15, 0.2) is 36.4 Å². The highest BCUT2D eigenvalue weighted by Gasteiger charge is 2.19. The highest BCUT2D eigenvalue weighted by Crippen LogP contribution is 2.23. The molecule has 0 aliphatic carbocycles. The third-order valence-electron chi connectivity index (χ3n) is 2.51. The summed E-state index contributed by atoms with van der Waals surface area (Å²) in [5.41, 5.74) is 0.334. The standard InChI is InChI=1S/C12H13BO4/c1-16-8-17-12-10-5-3-2-4-9(10)6-7-11(12)13(14)15/h2-7,14-15H,8H2,1H3. The second kappa shape index (κ2) is 5.18. The van der Waals surface area contributed by atoms with Crippen LogP contribution < -0.4 is 10.2 Å². The summed E-state index contributed by atoms with van der Waals surface area (Å²) in [6.45, 7) is 0.0632. The smallest absolute Gasteiger partial charge is 0.467 e. The first-order valence-electron chi connectivity index (χ1n) is 5.23. The Balaban J connectivity index is 2.57. The van der Waals surface area contributed by atoms with E-state index in [1.807, 2.05) is 30.3 Å². The Bertz CT molecular complexity index is 513.